The summed E-state index contributed by atoms with van der Waals surface area (Å²) >= 11 is 7.53. The second kappa shape index (κ2) is 13.3. The van der Waals surface area contributed by atoms with Crippen molar-refractivity contribution < 1.29 is 23.7 Å². The van der Waals surface area contributed by atoms with Crippen molar-refractivity contribution in [1.29, 1.82) is 0 Å². The van der Waals surface area contributed by atoms with Gasteiger partial charge in [0, 0.05) is 10.6 Å². The Bertz CT molecular complexity index is 1880. The number of ether oxygens (including phenoxy) is 4. The smallest absolute Gasteiger partial charge is 0.338 e. The van der Waals surface area contributed by atoms with Gasteiger partial charge in [0.2, 0.25) is 0 Å². The third-order valence-corrected chi connectivity index (χ3v) is 8.18. The third kappa shape index (κ3) is 6.38. The van der Waals surface area contributed by atoms with E-state index < -0.39 is 12.0 Å². The van der Waals surface area contributed by atoms with Crippen molar-refractivity contribution in [3.8, 4) is 17.2 Å². The molecule has 0 spiro atoms. The fraction of sp³-hybridized carbons (Fsp3) is 0.242. The Morgan fingerprint density at radius 2 is 1.84 bits per heavy atom. The van der Waals surface area contributed by atoms with Crippen molar-refractivity contribution in [1.82, 2.24) is 4.57 Å². The number of hydrogen-bond donors (Lipinski definition) is 0. The number of rotatable bonds is 10. The number of fused-ring (bicyclic) bond motifs is 1. The number of nitrogens with zero attached hydrogens (tertiary/aromatic N) is 2. The molecule has 0 saturated heterocycles. The Morgan fingerprint density at radius 3 is 2.58 bits per heavy atom. The first-order valence-corrected chi connectivity index (χ1v) is 15.0. The molecule has 43 heavy (non-hydrogen) atoms. The normalized spacial score (nSPS) is 14.6. The zero-order chi connectivity index (χ0) is 30.5. The Balaban J connectivity index is 1.58. The van der Waals surface area contributed by atoms with Gasteiger partial charge in [-0.3, -0.25) is 9.36 Å². The zero-order valence-electron chi connectivity index (χ0n) is 24.3. The highest BCUT2D eigenvalue weighted by molar-refractivity contribution is 7.07. The molecule has 1 aliphatic heterocycles. The number of hydrogen-bond acceptors (Lipinski definition) is 8. The van der Waals surface area contributed by atoms with Crippen LogP contribution in [0.5, 0.6) is 17.2 Å². The van der Waals surface area contributed by atoms with Crippen LogP contribution in [-0.4, -0.2) is 30.9 Å². The van der Waals surface area contributed by atoms with E-state index in [1.807, 2.05) is 61.5 Å². The van der Waals surface area contributed by atoms with Gasteiger partial charge in [-0.25, -0.2) is 9.79 Å². The van der Waals surface area contributed by atoms with E-state index in [0.717, 1.165) is 11.1 Å². The van der Waals surface area contributed by atoms with E-state index in [2.05, 4.69) is 4.99 Å². The van der Waals surface area contributed by atoms with Crippen LogP contribution in [0.4, 0.5) is 0 Å². The lowest BCUT2D eigenvalue weighted by molar-refractivity contribution is -0.139. The average Bonchev–Trinajstić information content (AvgIpc) is 3.30. The maximum atomic E-state index is 14.0. The molecule has 0 bridgehead atoms. The van der Waals surface area contributed by atoms with Crippen LogP contribution in [0, 0.1) is 0 Å². The fourth-order valence-corrected chi connectivity index (χ4v) is 6.10. The molecule has 1 aliphatic rings. The third-order valence-electron chi connectivity index (χ3n) is 6.83. The number of esters is 1. The zero-order valence-corrected chi connectivity index (χ0v) is 25.8. The van der Waals surface area contributed by atoms with E-state index in [1.54, 1.807) is 43.7 Å². The lowest BCUT2D eigenvalue weighted by Gasteiger charge is -2.25. The van der Waals surface area contributed by atoms with Crippen LogP contribution >= 0.6 is 22.9 Å². The van der Waals surface area contributed by atoms with E-state index >= 15 is 0 Å². The van der Waals surface area contributed by atoms with Gasteiger partial charge >= 0.3 is 5.97 Å². The summed E-state index contributed by atoms with van der Waals surface area (Å²) in [7, 11) is 1.56. The van der Waals surface area contributed by atoms with Crippen molar-refractivity contribution in [3.05, 3.63) is 119 Å². The Hall–Kier alpha value is -4.34. The molecule has 2 heterocycles. The van der Waals surface area contributed by atoms with Crippen molar-refractivity contribution in [2.75, 3.05) is 20.3 Å². The average molecular weight is 619 g/mol. The van der Waals surface area contributed by atoms with Gasteiger partial charge in [0.25, 0.3) is 5.56 Å². The minimum atomic E-state index is -0.771. The topological polar surface area (TPSA) is 88.4 Å². The van der Waals surface area contributed by atoms with Crippen LogP contribution in [0.25, 0.3) is 6.08 Å². The number of thiazole rings is 1. The molecule has 0 fully saturated rings. The summed E-state index contributed by atoms with van der Waals surface area (Å²) in [4.78, 5) is 32.4. The molecule has 10 heteroatoms. The van der Waals surface area contributed by atoms with Crippen molar-refractivity contribution >= 4 is 35.0 Å². The predicted molar refractivity (Wildman–Crippen MR) is 167 cm³/mol. The van der Waals surface area contributed by atoms with Gasteiger partial charge in [-0.05, 0) is 68.3 Å². The highest BCUT2D eigenvalue weighted by atomic mass is 35.5. The van der Waals surface area contributed by atoms with Gasteiger partial charge in [-0.15, -0.1) is 0 Å². The minimum Gasteiger partial charge on any atom is -0.493 e. The predicted octanol–water partition coefficient (Wildman–Crippen LogP) is 5.44. The molecular weight excluding hydrogens is 588 g/mol. The number of carbonyl (C=O) groups is 1. The molecule has 0 amide bonds. The molecule has 0 radical (unpaired) electrons. The number of benzene rings is 3. The van der Waals surface area contributed by atoms with E-state index in [9.17, 15) is 9.59 Å². The lowest BCUT2D eigenvalue weighted by atomic mass is 9.95. The summed E-state index contributed by atoms with van der Waals surface area (Å²) < 4.78 is 24.7. The summed E-state index contributed by atoms with van der Waals surface area (Å²) in [5.41, 5.74) is 2.83. The Kier molecular flexibility index (Phi) is 9.33. The van der Waals surface area contributed by atoms with Crippen LogP contribution in [0.2, 0.25) is 5.02 Å². The maximum Gasteiger partial charge on any atom is 0.338 e. The molecular formula is C33H31ClN2O6S. The van der Waals surface area contributed by atoms with Crippen molar-refractivity contribution in [2.24, 2.45) is 4.99 Å². The number of carbonyl (C=O) groups excluding carboxylic acids is 1. The van der Waals surface area contributed by atoms with Gasteiger partial charge in [0.05, 0.1) is 42.2 Å². The minimum absolute atomic E-state index is 0.189. The largest absolute Gasteiger partial charge is 0.493 e. The second-order valence-electron chi connectivity index (χ2n) is 9.60. The van der Waals surface area contributed by atoms with Crippen LogP contribution < -0.4 is 29.1 Å². The second-order valence-corrected chi connectivity index (χ2v) is 11.0. The van der Waals surface area contributed by atoms with E-state index in [4.69, 9.17) is 30.5 Å². The van der Waals surface area contributed by atoms with Crippen molar-refractivity contribution in [3.63, 3.8) is 0 Å². The number of allylic oxidation sites excluding steroid dienone is 1. The molecule has 8 nitrogen and oxygen atoms in total. The van der Waals surface area contributed by atoms with Crippen LogP contribution in [0.1, 0.15) is 43.5 Å². The Morgan fingerprint density at radius 1 is 1.02 bits per heavy atom. The first-order valence-electron chi connectivity index (χ1n) is 13.8. The summed E-state index contributed by atoms with van der Waals surface area (Å²) in [6, 6.07) is 19.6. The fourth-order valence-electron chi connectivity index (χ4n) is 4.86. The molecule has 0 unspecified atom stereocenters. The van der Waals surface area contributed by atoms with E-state index in [1.165, 1.54) is 11.3 Å². The molecule has 1 atom stereocenters. The quantitative estimate of drug-likeness (QED) is 0.220. The molecule has 0 aliphatic carbocycles. The summed E-state index contributed by atoms with van der Waals surface area (Å²) in [5.74, 6) is 1.17. The first kappa shape index (κ1) is 30.1. The van der Waals surface area contributed by atoms with E-state index in [-0.39, 0.29) is 12.2 Å². The van der Waals surface area contributed by atoms with Crippen LogP contribution in [-0.2, 0) is 16.1 Å². The Labute approximate surface area is 258 Å². The molecule has 3 aromatic carbocycles. The highest BCUT2D eigenvalue weighted by Gasteiger charge is 2.34. The van der Waals surface area contributed by atoms with Crippen LogP contribution in [0.3, 0.4) is 0 Å². The van der Waals surface area contributed by atoms with E-state index in [0.29, 0.717) is 61.7 Å². The van der Waals surface area contributed by atoms with Gasteiger partial charge in [0.1, 0.15) is 12.4 Å². The summed E-state index contributed by atoms with van der Waals surface area (Å²) in [5, 5.41) is 0.636. The number of halogens is 1. The molecule has 0 saturated carbocycles. The van der Waals surface area contributed by atoms with Gasteiger partial charge < -0.3 is 18.9 Å². The van der Waals surface area contributed by atoms with Gasteiger partial charge in [-0.2, -0.15) is 0 Å². The molecule has 0 N–H and O–H groups in total. The summed E-state index contributed by atoms with van der Waals surface area (Å²) in [6.45, 7) is 6.29. The number of aromatic nitrogens is 1. The van der Waals surface area contributed by atoms with Crippen LogP contribution in [0.15, 0.2) is 87.8 Å². The highest BCUT2D eigenvalue weighted by Crippen LogP contribution is 2.36. The van der Waals surface area contributed by atoms with Gasteiger partial charge in [-0.1, -0.05) is 59.3 Å². The van der Waals surface area contributed by atoms with Crippen molar-refractivity contribution in [2.45, 2.75) is 33.4 Å². The molecule has 4 aromatic rings. The molecule has 5 rings (SSSR count). The first-order chi connectivity index (χ1) is 20.8. The maximum absolute atomic E-state index is 14.0. The molecule has 1 aromatic heterocycles. The molecule has 222 valence electrons. The lowest BCUT2D eigenvalue weighted by Crippen LogP contribution is -2.40. The number of methoxy groups -OCH3 is 1. The summed E-state index contributed by atoms with van der Waals surface area (Å²) in [6.07, 6.45) is 1.80. The van der Waals surface area contributed by atoms with Gasteiger partial charge in [0.15, 0.2) is 16.3 Å². The standard InChI is InChI=1S/C33H31ClN2O6S/c1-5-40-27-18-22(14-15-26(27)39-4)30-29(32(38)41-6-2)20(3)35-33-36(30)31(37)28(43-33)17-21-10-9-12-24(16-21)42-19-23-11-7-8-13-25(23)34/h7-18,30H,5-6,19H2,1-4H3/b28-17+/t30-/m0/s1. The monoisotopic (exact) mass is 618 g/mol. The SMILES string of the molecule is CCOC(=O)C1=C(C)N=c2s/c(=C/c3cccc(OCc4ccccc4Cl)c3)c(=O)n2[C@H]1c1ccc(OC)c(OCC)c1.